The number of anilines is 1. The monoisotopic (exact) mass is 292 g/mol. The average Bonchev–Trinajstić information content (AvgIpc) is 2.97. The third-order valence-corrected chi connectivity index (χ3v) is 3.58. The zero-order valence-electron chi connectivity index (χ0n) is 12.2. The van der Waals surface area contributed by atoms with Crippen molar-refractivity contribution in [3.63, 3.8) is 0 Å². The SMILES string of the molecule is COC(=O)c1ccc(C)c(NC(=O)C2CCC(CN)O2)c1. The van der Waals surface area contributed by atoms with Crippen molar-refractivity contribution in [3.8, 4) is 0 Å². The number of esters is 1. The maximum absolute atomic E-state index is 12.2. The largest absolute Gasteiger partial charge is 0.465 e. The van der Waals surface area contributed by atoms with Crippen molar-refractivity contribution in [2.24, 2.45) is 5.73 Å². The normalized spacial score (nSPS) is 21.1. The van der Waals surface area contributed by atoms with Crippen LogP contribution in [0.3, 0.4) is 0 Å². The third kappa shape index (κ3) is 3.59. The zero-order chi connectivity index (χ0) is 15.4. The molecule has 0 spiro atoms. The van der Waals surface area contributed by atoms with Crippen LogP contribution >= 0.6 is 0 Å². The van der Waals surface area contributed by atoms with Crippen LogP contribution in [0, 0.1) is 6.92 Å². The van der Waals surface area contributed by atoms with E-state index in [1.165, 1.54) is 7.11 Å². The molecule has 6 nitrogen and oxygen atoms in total. The van der Waals surface area contributed by atoms with Crippen molar-refractivity contribution in [2.45, 2.75) is 32.0 Å². The van der Waals surface area contributed by atoms with Crippen molar-refractivity contribution in [1.82, 2.24) is 0 Å². The highest BCUT2D eigenvalue weighted by atomic mass is 16.5. The number of nitrogens with two attached hydrogens (primary N) is 1. The van der Waals surface area contributed by atoms with E-state index in [1.807, 2.05) is 6.92 Å². The first-order valence-corrected chi connectivity index (χ1v) is 6.90. The summed E-state index contributed by atoms with van der Waals surface area (Å²) in [5.74, 6) is -0.651. The molecule has 0 bridgehead atoms. The van der Waals surface area contributed by atoms with Gasteiger partial charge in [-0.15, -0.1) is 0 Å². The number of aryl methyl sites for hydroxylation is 1. The first-order chi connectivity index (χ1) is 10.0. The summed E-state index contributed by atoms with van der Waals surface area (Å²) in [5.41, 5.74) is 7.38. The average molecular weight is 292 g/mol. The molecule has 1 saturated heterocycles. The van der Waals surface area contributed by atoms with Gasteiger partial charge in [0.15, 0.2) is 0 Å². The highest BCUT2D eigenvalue weighted by Gasteiger charge is 2.30. The Morgan fingerprint density at radius 1 is 1.43 bits per heavy atom. The summed E-state index contributed by atoms with van der Waals surface area (Å²) in [7, 11) is 1.32. The Balaban J connectivity index is 2.08. The summed E-state index contributed by atoms with van der Waals surface area (Å²) in [4.78, 5) is 23.7. The molecule has 6 heteroatoms. The van der Waals surface area contributed by atoms with Crippen LogP contribution in [0.15, 0.2) is 18.2 Å². The number of ether oxygens (including phenoxy) is 2. The number of amides is 1. The minimum absolute atomic E-state index is 0.0525. The summed E-state index contributed by atoms with van der Waals surface area (Å²) in [5, 5.41) is 2.80. The molecular formula is C15H20N2O4. The van der Waals surface area contributed by atoms with Gasteiger partial charge in [0, 0.05) is 12.2 Å². The van der Waals surface area contributed by atoms with Crippen LogP contribution in [-0.4, -0.2) is 37.7 Å². The van der Waals surface area contributed by atoms with E-state index in [9.17, 15) is 9.59 Å². The number of nitrogens with one attached hydrogen (secondary N) is 1. The Morgan fingerprint density at radius 3 is 2.81 bits per heavy atom. The van der Waals surface area contributed by atoms with Crippen molar-refractivity contribution in [2.75, 3.05) is 19.0 Å². The van der Waals surface area contributed by atoms with E-state index in [-0.39, 0.29) is 12.0 Å². The first kappa shape index (κ1) is 15.5. The lowest BCUT2D eigenvalue weighted by Crippen LogP contribution is -2.30. The van der Waals surface area contributed by atoms with Crippen LogP contribution in [0.5, 0.6) is 0 Å². The van der Waals surface area contributed by atoms with E-state index in [0.29, 0.717) is 24.2 Å². The fourth-order valence-corrected chi connectivity index (χ4v) is 2.29. The van der Waals surface area contributed by atoms with Gasteiger partial charge in [0.2, 0.25) is 0 Å². The molecular weight excluding hydrogens is 272 g/mol. The predicted molar refractivity (Wildman–Crippen MR) is 78.1 cm³/mol. The molecule has 0 aliphatic carbocycles. The predicted octanol–water partition coefficient (Wildman–Crippen LogP) is 1.23. The Bertz CT molecular complexity index is 544. The van der Waals surface area contributed by atoms with Crippen LogP contribution in [0.4, 0.5) is 5.69 Å². The fraction of sp³-hybridized carbons (Fsp3) is 0.467. The van der Waals surface area contributed by atoms with Gasteiger partial charge in [-0.1, -0.05) is 6.07 Å². The van der Waals surface area contributed by atoms with Gasteiger partial charge < -0.3 is 20.5 Å². The Morgan fingerprint density at radius 2 is 2.19 bits per heavy atom. The van der Waals surface area contributed by atoms with Crippen molar-refractivity contribution in [1.29, 1.82) is 0 Å². The lowest BCUT2D eigenvalue weighted by atomic mass is 10.1. The molecule has 1 amide bonds. The third-order valence-electron chi connectivity index (χ3n) is 3.58. The molecule has 1 fully saturated rings. The van der Waals surface area contributed by atoms with Crippen LogP contribution < -0.4 is 11.1 Å². The Hall–Kier alpha value is -1.92. The molecule has 1 heterocycles. The number of hydrogen-bond donors (Lipinski definition) is 2. The minimum atomic E-state index is -0.486. The molecule has 1 aromatic rings. The van der Waals surface area contributed by atoms with E-state index < -0.39 is 12.1 Å². The molecule has 1 aliphatic heterocycles. The summed E-state index contributed by atoms with van der Waals surface area (Å²) in [6.07, 6.45) is 0.905. The maximum atomic E-state index is 12.2. The second kappa shape index (κ2) is 6.69. The highest BCUT2D eigenvalue weighted by Crippen LogP contribution is 2.22. The number of carbonyl (C=O) groups excluding carboxylic acids is 2. The molecule has 3 N–H and O–H groups in total. The van der Waals surface area contributed by atoms with E-state index >= 15 is 0 Å². The highest BCUT2D eigenvalue weighted by molar-refractivity contribution is 5.97. The Kier molecular flexibility index (Phi) is 4.93. The summed E-state index contributed by atoms with van der Waals surface area (Å²) in [6, 6.07) is 5.03. The minimum Gasteiger partial charge on any atom is -0.465 e. The van der Waals surface area contributed by atoms with E-state index in [0.717, 1.165) is 12.0 Å². The van der Waals surface area contributed by atoms with Gasteiger partial charge in [-0.3, -0.25) is 4.79 Å². The summed E-state index contributed by atoms with van der Waals surface area (Å²) < 4.78 is 10.2. The lowest BCUT2D eigenvalue weighted by molar-refractivity contribution is -0.126. The summed E-state index contributed by atoms with van der Waals surface area (Å²) in [6.45, 7) is 2.27. The molecule has 1 aliphatic rings. The number of benzene rings is 1. The smallest absolute Gasteiger partial charge is 0.337 e. The zero-order valence-corrected chi connectivity index (χ0v) is 12.2. The van der Waals surface area contributed by atoms with Gasteiger partial charge in [-0.25, -0.2) is 4.79 Å². The van der Waals surface area contributed by atoms with E-state index in [1.54, 1.807) is 18.2 Å². The standard InChI is InChI=1S/C15H20N2O4/c1-9-3-4-10(15(19)20-2)7-12(9)17-14(18)13-6-5-11(8-16)21-13/h3-4,7,11,13H,5-6,8,16H2,1-2H3,(H,17,18). The number of methoxy groups -OCH3 is 1. The van der Waals surface area contributed by atoms with Crippen molar-refractivity contribution < 1.29 is 19.1 Å². The molecule has 1 aromatic carbocycles. The number of carbonyl (C=O) groups is 2. The lowest BCUT2D eigenvalue weighted by Gasteiger charge is -2.14. The van der Waals surface area contributed by atoms with E-state index in [4.69, 9.17) is 10.5 Å². The second-order valence-corrected chi connectivity index (χ2v) is 5.07. The fourth-order valence-electron chi connectivity index (χ4n) is 2.29. The molecule has 0 aromatic heterocycles. The molecule has 21 heavy (non-hydrogen) atoms. The van der Waals surface area contributed by atoms with E-state index in [2.05, 4.69) is 10.1 Å². The van der Waals surface area contributed by atoms with Gasteiger partial charge in [0.05, 0.1) is 18.8 Å². The molecule has 2 unspecified atom stereocenters. The topological polar surface area (TPSA) is 90.7 Å². The molecule has 114 valence electrons. The first-order valence-electron chi connectivity index (χ1n) is 6.90. The molecule has 2 rings (SSSR count). The molecule has 0 saturated carbocycles. The van der Waals surface area contributed by atoms with Gasteiger partial charge in [-0.2, -0.15) is 0 Å². The van der Waals surface area contributed by atoms with Gasteiger partial charge in [-0.05, 0) is 37.5 Å². The number of rotatable bonds is 4. The second-order valence-electron chi connectivity index (χ2n) is 5.07. The quantitative estimate of drug-likeness (QED) is 0.814. The van der Waals surface area contributed by atoms with Crippen molar-refractivity contribution in [3.05, 3.63) is 29.3 Å². The van der Waals surface area contributed by atoms with Crippen LogP contribution in [-0.2, 0) is 14.3 Å². The van der Waals surface area contributed by atoms with Crippen molar-refractivity contribution >= 4 is 17.6 Å². The number of hydrogen-bond acceptors (Lipinski definition) is 5. The Labute approximate surface area is 123 Å². The molecule has 2 atom stereocenters. The van der Waals surface area contributed by atoms with Gasteiger partial charge in [0.25, 0.3) is 5.91 Å². The van der Waals surface area contributed by atoms with Crippen LogP contribution in [0.25, 0.3) is 0 Å². The van der Waals surface area contributed by atoms with Gasteiger partial charge in [0.1, 0.15) is 6.10 Å². The van der Waals surface area contributed by atoms with Crippen LogP contribution in [0.1, 0.15) is 28.8 Å². The maximum Gasteiger partial charge on any atom is 0.337 e. The summed E-state index contributed by atoms with van der Waals surface area (Å²) >= 11 is 0. The van der Waals surface area contributed by atoms with Crippen LogP contribution in [0.2, 0.25) is 0 Å². The van der Waals surface area contributed by atoms with Gasteiger partial charge >= 0.3 is 5.97 Å². The molecule has 0 radical (unpaired) electrons.